The van der Waals surface area contributed by atoms with Crippen LogP contribution in [-0.4, -0.2) is 34.3 Å². The number of imide groups is 1. The van der Waals surface area contributed by atoms with Crippen molar-refractivity contribution in [2.24, 2.45) is 0 Å². The van der Waals surface area contributed by atoms with Crippen molar-refractivity contribution >= 4 is 27.9 Å². The molecule has 1 aliphatic carbocycles. The van der Waals surface area contributed by atoms with Gasteiger partial charge in [-0.15, -0.1) is 0 Å². The zero-order chi connectivity index (χ0) is 14.9. The van der Waals surface area contributed by atoms with Gasteiger partial charge in [-0.2, -0.15) is 0 Å². The highest BCUT2D eigenvalue weighted by molar-refractivity contribution is 9.09. The second kappa shape index (κ2) is 5.79. The molecule has 1 aromatic rings. The molecule has 0 bridgehead atoms. The molecule has 3 rings (SSSR count). The summed E-state index contributed by atoms with van der Waals surface area (Å²) >= 11 is 3.37. The Morgan fingerprint density at radius 3 is 2.71 bits per heavy atom. The lowest BCUT2D eigenvalue weighted by Gasteiger charge is -2.32. The quantitative estimate of drug-likeness (QED) is 0.515. The van der Waals surface area contributed by atoms with Gasteiger partial charge >= 0.3 is 6.03 Å². The molecule has 1 aromatic carbocycles. The highest BCUT2D eigenvalue weighted by atomic mass is 79.9. The van der Waals surface area contributed by atoms with Crippen LogP contribution in [0.25, 0.3) is 0 Å². The number of nitrogens with one attached hydrogen (secondary N) is 1. The topological polar surface area (TPSA) is 49.4 Å². The zero-order valence-electron chi connectivity index (χ0n) is 11.9. The monoisotopic (exact) mass is 350 g/mol. The van der Waals surface area contributed by atoms with Gasteiger partial charge in [0, 0.05) is 18.3 Å². The van der Waals surface area contributed by atoms with Crippen molar-refractivity contribution in [1.29, 1.82) is 0 Å². The van der Waals surface area contributed by atoms with Crippen molar-refractivity contribution in [2.45, 2.75) is 37.6 Å². The minimum atomic E-state index is -0.708. The largest absolute Gasteiger partial charge is 0.325 e. The summed E-state index contributed by atoms with van der Waals surface area (Å²) in [6.45, 7) is 0.514. The van der Waals surface area contributed by atoms with Crippen LogP contribution < -0.4 is 5.32 Å². The molecule has 3 amide bonds. The lowest BCUT2D eigenvalue weighted by molar-refractivity contribution is -0.131. The molecule has 1 spiro atoms. The third-order valence-electron chi connectivity index (χ3n) is 4.44. The zero-order valence-corrected chi connectivity index (χ0v) is 13.5. The van der Waals surface area contributed by atoms with Crippen LogP contribution in [0.5, 0.6) is 0 Å². The van der Waals surface area contributed by atoms with Crippen molar-refractivity contribution in [3.05, 3.63) is 35.4 Å². The minimum Gasteiger partial charge on any atom is -0.323 e. The van der Waals surface area contributed by atoms with Gasteiger partial charge in [0.15, 0.2) is 0 Å². The van der Waals surface area contributed by atoms with E-state index in [2.05, 4.69) is 33.4 Å². The molecule has 1 atom stereocenters. The van der Waals surface area contributed by atoms with E-state index >= 15 is 0 Å². The second-order valence-electron chi connectivity index (χ2n) is 5.81. The molecular weight excluding hydrogens is 332 g/mol. The summed E-state index contributed by atoms with van der Waals surface area (Å²) in [5, 5.41) is 3.86. The van der Waals surface area contributed by atoms with Gasteiger partial charge in [-0.3, -0.25) is 9.69 Å². The smallest absolute Gasteiger partial charge is 0.323 e. The molecule has 1 aliphatic heterocycles. The van der Waals surface area contributed by atoms with Crippen LogP contribution in [-0.2, 0) is 17.6 Å². The fraction of sp³-hybridized carbons (Fsp3) is 0.500. The number of aryl methyl sites for hydroxylation is 1. The van der Waals surface area contributed by atoms with Crippen LogP contribution in [0, 0.1) is 0 Å². The van der Waals surface area contributed by atoms with Crippen LogP contribution in [0.1, 0.15) is 30.4 Å². The van der Waals surface area contributed by atoms with Crippen molar-refractivity contribution in [1.82, 2.24) is 10.2 Å². The number of alkyl halides is 1. The van der Waals surface area contributed by atoms with Gasteiger partial charge in [0.2, 0.25) is 0 Å². The summed E-state index contributed by atoms with van der Waals surface area (Å²) < 4.78 is 0. The molecule has 1 fully saturated rings. The Morgan fingerprint density at radius 2 is 1.95 bits per heavy atom. The second-order valence-corrected chi connectivity index (χ2v) is 6.60. The number of carbonyl (C=O) groups is 2. The molecule has 112 valence electrons. The Hall–Kier alpha value is -1.36. The minimum absolute atomic E-state index is 0.0448. The number of nitrogens with zero attached hydrogens (tertiary/aromatic N) is 1. The van der Waals surface area contributed by atoms with E-state index in [0.717, 1.165) is 24.6 Å². The summed E-state index contributed by atoms with van der Waals surface area (Å²) in [5.41, 5.74) is 1.77. The molecule has 0 saturated carbocycles. The lowest BCUT2D eigenvalue weighted by Crippen LogP contribution is -2.51. The van der Waals surface area contributed by atoms with E-state index in [9.17, 15) is 9.59 Å². The van der Waals surface area contributed by atoms with E-state index in [4.69, 9.17) is 0 Å². The maximum Gasteiger partial charge on any atom is 0.325 e. The molecule has 5 heteroatoms. The van der Waals surface area contributed by atoms with E-state index < -0.39 is 5.54 Å². The molecule has 21 heavy (non-hydrogen) atoms. The van der Waals surface area contributed by atoms with Crippen molar-refractivity contribution in [2.75, 3.05) is 11.9 Å². The standard InChI is InChI=1S/C16H19BrN2O2/c17-9-3-4-10-19-14(20)16(18-15(19)21)8-7-12-5-1-2-6-13(12)11-16/h1-2,5-6H,3-4,7-11H2,(H,18,21). The Kier molecular flexibility index (Phi) is 4.02. The van der Waals surface area contributed by atoms with Crippen molar-refractivity contribution in [3.8, 4) is 0 Å². The van der Waals surface area contributed by atoms with Gasteiger partial charge in [-0.05, 0) is 36.8 Å². The maximum atomic E-state index is 12.7. The van der Waals surface area contributed by atoms with E-state index in [1.807, 2.05) is 12.1 Å². The third-order valence-corrected chi connectivity index (χ3v) is 5.00. The van der Waals surface area contributed by atoms with E-state index in [0.29, 0.717) is 19.4 Å². The summed E-state index contributed by atoms with van der Waals surface area (Å²) in [4.78, 5) is 26.3. The first-order chi connectivity index (χ1) is 10.2. The van der Waals surface area contributed by atoms with Crippen molar-refractivity contribution in [3.63, 3.8) is 0 Å². The van der Waals surface area contributed by atoms with Crippen LogP contribution in [0.15, 0.2) is 24.3 Å². The van der Waals surface area contributed by atoms with Gasteiger partial charge < -0.3 is 5.32 Å². The highest BCUT2D eigenvalue weighted by Crippen LogP contribution is 2.33. The fourth-order valence-electron chi connectivity index (χ4n) is 3.27. The molecular formula is C16H19BrN2O2. The number of fused-ring (bicyclic) bond motifs is 1. The highest BCUT2D eigenvalue weighted by Gasteiger charge is 2.51. The SMILES string of the molecule is O=C1NC2(CCc3ccccc3C2)C(=O)N1CCCCBr. The average molecular weight is 351 g/mol. The first-order valence-corrected chi connectivity index (χ1v) is 8.55. The summed E-state index contributed by atoms with van der Waals surface area (Å²) in [7, 11) is 0. The Morgan fingerprint density at radius 1 is 1.19 bits per heavy atom. The van der Waals surface area contributed by atoms with E-state index in [1.54, 1.807) is 0 Å². The van der Waals surface area contributed by atoms with E-state index in [1.165, 1.54) is 16.0 Å². The first-order valence-electron chi connectivity index (χ1n) is 7.43. The van der Waals surface area contributed by atoms with Gasteiger partial charge in [-0.1, -0.05) is 40.2 Å². The summed E-state index contributed by atoms with van der Waals surface area (Å²) in [6, 6.07) is 7.96. The van der Waals surface area contributed by atoms with Crippen LogP contribution in [0.3, 0.4) is 0 Å². The molecule has 1 unspecified atom stereocenters. The molecule has 4 nitrogen and oxygen atoms in total. The average Bonchev–Trinajstić information content (AvgIpc) is 2.71. The third kappa shape index (κ3) is 2.59. The Labute approximate surface area is 133 Å². The molecule has 1 heterocycles. The molecule has 0 aromatic heterocycles. The Balaban J connectivity index is 1.78. The summed E-state index contributed by atoms with van der Waals surface area (Å²) in [5.74, 6) is -0.0448. The predicted molar refractivity (Wildman–Crippen MR) is 84.5 cm³/mol. The number of unbranched alkanes of at least 4 members (excludes halogenated alkanes) is 1. The van der Waals surface area contributed by atoms with Crippen molar-refractivity contribution < 1.29 is 9.59 Å². The number of urea groups is 1. The van der Waals surface area contributed by atoms with Gasteiger partial charge in [0.1, 0.15) is 5.54 Å². The lowest BCUT2D eigenvalue weighted by atomic mass is 9.78. The van der Waals surface area contributed by atoms with Crippen LogP contribution >= 0.6 is 15.9 Å². The normalized spacial score (nSPS) is 24.3. The number of benzene rings is 1. The number of halogens is 1. The first kappa shape index (κ1) is 14.6. The van der Waals surface area contributed by atoms with E-state index in [-0.39, 0.29) is 11.9 Å². The van der Waals surface area contributed by atoms with Crippen LogP contribution in [0.2, 0.25) is 0 Å². The fourth-order valence-corrected chi connectivity index (χ4v) is 3.66. The van der Waals surface area contributed by atoms with Gasteiger partial charge in [-0.25, -0.2) is 4.79 Å². The van der Waals surface area contributed by atoms with Gasteiger partial charge in [0.25, 0.3) is 5.91 Å². The summed E-state index contributed by atoms with van der Waals surface area (Å²) in [6.07, 6.45) is 3.97. The number of carbonyl (C=O) groups excluding carboxylic acids is 2. The molecule has 0 radical (unpaired) electrons. The number of amides is 3. The number of rotatable bonds is 4. The number of hydrogen-bond acceptors (Lipinski definition) is 2. The maximum absolute atomic E-state index is 12.7. The predicted octanol–water partition coefficient (Wildman–Crippen LogP) is 2.64. The molecule has 2 aliphatic rings. The molecule has 1 N–H and O–H groups in total. The number of hydrogen-bond donors (Lipinski definition) is 1. The van der Waals surface area contributed by atoms with Gasteiger partial charge in [0.05, 0.1) is 0 Å². The Bertz CT molecular complexity index is 575. The molecule has 1 saturated heterocycles. The van der Waals surface area contributed by atoms with Crippen LogP contribution in [0.4, 0.5) is 4.79 Å².